The number of amides is 1. The zero-order valence-corrected chi connectivity index (χ0v) is 18.7. The highest BCUT2D eigenvalue weighted by atomic mass is 35.5. The van der Waals surface area contributed by atoms with Crippen molar-refractivity contribution in [1.82, 2.24) is 15.2 Å². The number of carbonyl (C=O) groups excluding carboxylic acids is 1. The molecular weight excluding hydrogens is 420 g/mol. The van der Waals surface area contributed by atoms with Crippen molar-refractivity contribution in [3.05, 3.63) is 58.1 Å². The first-order chi connectivity index (χ1) is 14.4. The van der Waals surface area contributed by atoms with Crippen LogP contribution in [0.5, 0.6) is 5.88 Å². The Morgan fingerprint density at radius 2 is 1.93 bits per heavy atom. The van der Waals surface area contributed by atoms with E-state index in [9.17, 15) is 4.79 Å². The second kappa shape index (κ2) is 8.24. The Labute approximate surface area is 184 Å². The predicted octanol–water partition coefficient (Wildman–Crippen LogP) is 5.36. The Morgan fingerprint density at radius 3 is 2.60 bits per heavy atom. The molecule has 1 aromatic heterocycles. The van der Waals surface area contributed by atoms with Crippen LogP contribution in [-0.2, 0) is 4.79 Å². The van der Waals surface area contributed by atoms with Gasteiger partial charge in [0.15, 0.2) is 5.69 Å². The second-order valence-corrected chi connectivity index (χ2v) is 8.74. The fraction of sp³-hybridized carbons (Fsp3) is 0.273. The third-order valence-corrected chi connectivity index (χ3v) is 5.77. The molecule has 0 radical (unpaired) electrons. The van der Waals surface area contributed by atoms with E-state index in [0.29, 0.717) is 21.8 Å². The molecule has 3 aromatic rings. The number of ether oxygens (including phenoxy) is 1. The quantitative estimate of drug-likeness (QED) is 0.510. The summed E-state index contributed by atoms with van der Waals surface area (Å²) >= 11 is 7.57. The molecule has 154 valence electrons. The van der Waals surface area contributed by atoms with Crippen molar-refractivity contribution >= 4 is 35.0 Å². The van der Waals surface area contributed by atoms with Gasteiger partial charge in [-0.25, -0.2) is 0 Å². The zero-order valence-electron chi connectivity index (χ0n) is 17.1. The van der Waals surface area contributed by atoms with Crippen LogP contribution in [0.25, 0.3) is 11.3 Å². The lowest BCUT2D eigenvalue weighted by Gasteiger charge is -2.31. The van der Waals surface area contributed by atoms with E-state index in [1.54, 1.807) is 17.0 Å². The molecule has 1 aliphatic rings. The fourth-order valence-corrected chi connectivity index (χ4v) is 4.27. The molecule has 0 saturated heterocycles. The van der Waals surface area contributed by atoms with E-state index >= 15 is 0 Å². The minimum atomic E-state index is -0.711. The molecule has 8 heteroatoms. The fourth-order valence-electron chi connectivity index (χ4n) is 3.64. The molecule has 2 heterocycles. The molecule has 0 saturated carbocycles. The number of hydrogen-bond donors (Lipinski definition) is 0. The average molecular weight is 441 g/mol. The van der Waals surface area contributed by atoms with Gasteiger partial charge < -0.3 is 4.74 Å². The lowest BCUT2D eigenvalue weighted by atomic mass is 10.00. The predicted molar refractivity (Wildman–Crippen MR) is 119 cm³/mol. The minimum absolute atomic E-state index is 0.146. The summed E-state index contributed by atoms with van der Waals surface area (Å²) < 4.78 is 6.36. The molecule has 1 aliphatic heterocycles. The summed E-state index contributed by atoms with van der Waals surface area (Å²) in [6.45, 7) is 7.54. The van der Waals surface area contributed by atoms with E-state index in [1.807, 2.05) is 45.0 Å². The second-order valence-electron chi connectivity index (χ2n) is 7.07. The largest absolute Gasteiger partial charge is 0.447 e. The Morgan fingerprint density at radius 1 is 1.20 bits per heavy atom. The van der Waals surface area contributed by atoms with Gasteiger partial charge >= 0.3 is 0 Å². The molecule has 0 aliphatic carbocycles. The number of aromatic nitrogens is 3. The normalized spacial score (nSPS) is 15.1. The maximum Gasteiger partial charge on any atom is 0.247 e. The maximum absolute atomic E-state index is 12.9. The third-order valence-electron chi connectivity index (χ3n) is 4.80. The van der Waals surface area contributed by atoms with E-state index in [4.69, 9.17) is 16.3 Å². The first-order valence-electron chi connectivity index (χ1n) is 9.60. The van der Waals surface area contributed by atoms with Crippen molar-refractivity contribution in [3.8, 4) is 17.1 Å². The Hall–Kier alpha value is -2.64. The lowest BCUT2D eigenvalue weighted by Crippen LogP contribution is -2.36. The number of fused-ring (bicyclic) bond motifs is 3. The number of hydrogen-bond acceptors (Lipinski definition) is 6. The first-order valence-corrected chi connectivity index (χ1v) is 11.0. The standard InChI is InChI=1S/C22H21ClN4O2S/c1-5-30-22-24-20-18(25-26-22)17-11-12(2)10-13(3)19(17)27(14(4)28)21(29-20)15-6-8-16(23)9-7-15/h6-11,21H,5H2,1-4H3. The van der Waals surface area contributed by atoms with Gasteiger partial charge in [0.1, 0.15) is 0 Å². The van der Waals surface area contributed by atoms with Gasteiger partial charge in [0.2, 0.25) is 23.2 Å². The first kappa shape index (κ1) is 20.6. The Kier molecular flexibility index (Phi) is 5.66. The van der Waals surface area contributed by atoms with Crippen LogP contribution in [0.15, 0.2) is 41.6 Å². The monoisotopic (exact) mass is 440 g/mol. The van der Waals surface area contributed by atoms with E-state index in [-0.39, 0.29) is 5.91 Å². The number of nitrogens with zero attached hydrogens (tertiary/aromatic N) is 4. The summed E-state index contributed by atoms with van der Waals surface area (Å²) in [6, 6.07) is 11.3. The molecule has 0 fully saturated rings. The number of rotatable bonds is 3. The molecule has 1 atom stereocenters. The smallest absolute Gasteiger partial charge is 0.247 e. The van der Waals surface area contributed by atoms with Crippen LogP contribution in [0.4, 0.5) is 5.69 Å². The van der Waals surface area contributed by atoms with Gasteiger partial charge in [-0.05, 0) is 43.4 Å². The lowest BCUT2D eigenvalue weighted by molar-refractivity contribution is -0.118. The van der Waals surface area contributed by atoms with Crippen molar-refractivity contribution in [2.24, 2.45) is 0 Å². The summed E-state index contributed by atoms with van der Waals surface area (Å²) in [6.07, 6.45) is -0.711. The summed E-state index contributed by atoms with van der Waals surface area (Å²) in [5.74, 6) is 1.03. The number of halogens is 1. The molecule has 1 unspecified atom stereocenters. The molecule has 6 nitrogen and oxygen atoms in total. The minimum Gasteiger partial charge on any atom is -0.447 e. The number of aryl methyl sites for hydroxylation is 2. The zero-order chi connectivity index (χ0) is 21.4. The van der Waals surface area contributed by atoms with Crippen LogP contribution in [0.3, 0.4) is 0 Å². The Balaban J connectivity index is 2.00. The molecule has 1 amide bonds. The van der Waals surface area contributed by atoms with Gasteiger partial charge in [-0.15, -0.1) is 10.2 Å². The van der Waals surface area contributed by atoms with E-state index in [1.165, 1.54) is 18.7 Å². The van der Waals surface area contributed by atoms with E-state index in [2.05, 4.69) is 15.2 Å². The van der Waals surface area contributed by atoms with Crippen LogP contribution >= 0.6 is 23.4 Å². The molecule has 4 rings (SSSR count). The van der Waals surface area contributed by atoms with Crippen molar-refractivity contribution in [3.63, 3.8) is 0 Å². The average Bonchev–Trinajstić information content (AvgIpc) is 2.83. The summed E-state index contributed by atoms with van der Waals surface area (Å²) in [5, 5.41) is 9.85. The van der Waals surface area contributed by atoms with Gasteiger partial charge in [0, 0.05) is 23.1 Å². The van der Waals surface area contributed by atoms with Crippen molar-refractivity contribution in [1.29, 1.82) is 0 Å². The summed E-state index contributed by atoms with van der Waals surface area (Å²) in [7, 11) is 0. The van der Waals surface area contributed by atoms with E-state index < -0.39 is 6.23 Å². The van der Waals surface area contributed by atoms with Crippen LogP contribution in [0.1, 0.15) is 36.8 Å². The molecule has 0 bridgehead atoms. The van der Waals surface area contributed by atoms with Crippen LogP contribution in [0.2, 0.25) is 5.02 Å². The summed E-state index contributed by atoms with van der Waals surface area (Å²) in [5.41, 5.74) is 4.85. The van der Waals surface area contributed by atoms with Gasteiger partial charge in [-0.2, -0.15) is 4.98 Å². The van der Waals surface area contributed by atoms with Crippen LogP contribution in [0, 0.1) is 13.8 Å². The SMILES string of the molecule is CCSc1nnc2c(n1)OC(c1ccc(Cl)cc1)N(C(C)=O)c1c(C)cc(C)cc1-2. The Bertz CT molecular complexity index is 1120. The van der Waals surface area contributed by atoms with E-state index in [0.717, 1.165) is 33.7 Å². The molecule has 0 spiro atoms. The van der Waals surface area contributed by atoms with Gasteiger partial charge in [-0.3, -0.25) is 9.69 Å². The number of carbonyl (C=O) groups is 1. The molecule has 30 heavy (non-hydrogen) atoms. The topological polar surface area (TPSA) is 68.2 Å². The van der Waals surface area contributed by atoms with Crippen molar-refractivity contribution < 1.29 is 9.53 Å². The highest BCUT2D eigenvalue weighted by Crippen LogP contribution is 2.45. The van der Waals surface area contributed by atoms with Crippen molar-refractivity contribution in [2.45, 2.75) is 39.1 Å². The summed E-state index contributed by atoms with van der Waals surface area (Å²) in [4.78, 5) is 19.1. The number of thioether (sulfide) groups is 1. The van der Waals surface area contributed by atoms with Gasteiger partial charge in [-0.1, -0.05) is 54.0 Å². The highest BCUT2D eigenvalue weighted by Gasteiger charge is 2.35. The number of benzene rings is 2. The highest BCUT2D eigenvalue weighted by molar-refractivity contribution is 7.99. The van der Waals surface area contributed by atoms with Crippen LogP contribution < -0.4 is 9.64 Å². The van der Waals surface area contributed by atoms with Gasteiger partial charge in [0.05, 0.1) is 5.69 Å². The maximum atomic E-state index is 12.9. The third kappa shape index (κ3) is 3.75. The molecule has 0 N–H and O–H groups in total. The molecule has 2 aromatic carbocycles. The molecular formula is C22H21ClN4O2S. The van der Waals surface area contributed by atoms with Crippen LogP contribution in [-0.4, -0.2) is 26.8 Å². The number of anilines is 1. The van der Waals surface area contributed by atoms with Gasteiger partial charge in [0.25, 0.3) is 0 Å². The van der Waals surface area contributed by atoms with Crippen molar-refractivity contribution in [2.75, 3.05) is 10.7 Å².